The summed E-state index contributed by atoms with van der Waals surface area (Å²) < 4.78 is 4.48. The second kappa shape index (κ2) is 3.06. The lowest BCUT2D eigenvalue weighted by Crippen LogP contribution is -2.30. The van der Waals surface area contributed by atoms with E-state index in [2.05, 4.69) is 10.1 Å². The molecule has 1 heterocycles. The quantitative estimate of drug-likeness (QED) is 0.534. The van der Waals surface area contributed by atoms with Crippen molar-refractivity contribution in [2.24, 2.45) is 0 Å². The fourth-order valence-electron chi connectivity index (χ4n) is 0.911. The molecular weight excluding hydrogens is 144 g/mol. The highest BCUT2D eigenvalue weighted by molar-refractivity contribution is 5.77. The third kappa shape index (κ3) is 1.49. The Labute approximate surface area is 64.5 Å². The van der Waals surface area contributed by atoms with Crippen molar-refractivity contribution in [3.05, 3.63) is 11.8 Å². The van der Waals surface area contributed by atoms with Crippen LogP contribution in [0.2, 0.25) is 0 Å². The number of carbonyl (C=O) groups excluding carboxylic acids is 1. The molecule has 0 aromatic heterocycles. The molecule has 11 heavy (non-hydrogen) atoms. The number of nitriles is 1. The largest absolute Gasteiger partial charge is 0.467 e. The van der Waals surface area contributed by atoms with Gasteiger partial charge < -0.3 is 10.1 Å². The molecule has 4 heteroatoms. The van der Waals surface area contributed by atoms with Gasteiger partial charge in [-0.25, -0.2) is 4.79 Å². The van der Waals surface area contributed by atoms with Gasteiger partial charge in [0, 0.05) is 18.2 Å². The van der Waals surface area contributed by atoms with Crippen molar-refractivity contribution in [2.45, 2.75) is 12.5 Å². The third-order valence-corrected chi connectivity index (χ3v) is 1.51. The molecule has 0 aliphatic carbocycles. The molecule has 0 saturated carbocycles. The summed E-state index contributed by atoms with van der Waals surface area (Å²) in [6, 6.07) is 1.60. The van der Waals surface area contributed by atoms with E-state index in [1.807, 2.05) is 6.07 Å². The Kier molecular flexibility index (Phi) is 2.12. The fraction of sp³-hybridized carbons (Fsp3) is 0.429. The molecule has 1 atom stereocenters. The van der Waals surface area contributed by atoms with Gasteiger partial charge in [-0.3, -0.25) is 0 Å². The number of nitrogens with zero attached hydrogens (tertiary/aromatic N) is 1. The highest BCUT2D eigenvalue weighted by Crippen LogP contribution is 2.11. The summed E-state index contributed by atoms with van der Waals surface area (Å²) in [5, 5.41) is 11.2. The molecule has 0 aromatic rings. The van der Waals surface area contributed by atoms with Crippen molar-refractivity contribution in [3.8, 4) is 6.07 Å². The van der Waals surface area contributed by atoms with Crippen LogP contribution in [0.25, 0.3) is 0 Å². The van der Waals surface area contributed by atoms with Crippen LogP contribution in [-0.2, 0) is 9.53 Å². The highest BCUT2D eigenvalue weighted by Gasteiger charge is 2.23. The molecule has 58 valence electrons. The predicted molar refractivity (Wildman–Crippen MR) is 37.3 cm³/mol. The van der Waals surface area contributed by atoms with E-state index in [0.717, 1.165) is 0 Å². The molecule has 1 aliphatic rings. The molecule has 0 radical (unpaired) electrons. The summed E-state index contributed by atoms with van der Waals surface area (Å²) >= 11 is 0. The maximum absolute atomic E-state index is 10.8. The average molecular weight is 152 g/mol. The number of esters is 1. The van der Waals surface area contributed by atoms with E-state index in [4.69, 9.17) is 5.26 Å². The molecule has 0 aromatic carbocycles. The monoisotopic (exact) mass is 152 g/mol. The molecule has 4 nitrogen and oxygen atoms in total. The molecule has 1 N–H and O–H groups in total. The van der Waals surface area contributed by atoms with Crippen LogP contribution in [0.1, 0.15) is 6.42 Å². The van der Waals surface area contributed by atoms with Crippen molar-refractivity contribution in [3.63, 3.8) is 0 Å². The maximum atomic E-state index is 10.8. The normalized spacial score (nSPS) is 21.5. The van der Waals surface area contributed by atoms with Crippen LogP contribution in [0.15, 0.2) is 11.8 Å². The van der Waals surface area contributed by atoms with Gasteiger partial charge in [0.1, 0.15) is 6.04 Å². The van der Waals surface area contributed by atoms with E-state index in [1.54, 1.807) is 6.20 Å². The Hall–Kier alpha value is -1.50. The van der Waals surface area contributed by atoms with Crippen LogP contribution >= 0.6 is 0 Å². The zero-order valence-corrected chi connectivity index (χ0v) is 6.13. The van der Waals surface area contributed by atoms with Gasteiger partial charge in [0.05, 0.1) is 13.2 Å². The molecule has 1 rings (SSSR count). The number of rotatable bonds is 1. The Balaban J connectivity index is 2.49. The zero-order chi connectivity index (χ0) is 8.27. The summed E-state index contributed by atoms with van der Waals surface area (Å²) in [5.41, 5.74) is 0.584. The number of hydrogen-bond donors (Lipinski definition) is 1. The highest BCUT2D eigenvalue weighted by atomic mass is 16.5. The minimum Gasteiger partial charge on any atom is -0.467 e. The first-order valence-corrected chi connectivity index (χ1v) is 3.21. The van der Waals surface area contributed by atoms with Gasteiger partial charge in [0.15, 0.2) is 0 Å². The van der Waals surface area contributed by atoms with E-state index < -0.39 is 0 Å². The van der Waals surface area contributed by atoms with E-state index in [-0.39, 0.29) is 12.0 Å². The van der Waals surface area contributed by atoms with Crippen molar-refractivity contribution >= 4 is 5.97 Å². The van der Waals surface area contributed by atoms with Gasteiger partial charge in [0.2, 0.25) is 0 Å². The van der Waals surface area contributed by atoms with Crippen LogP contribution in [0.3, 0.4) is 0 Å². The minimum absolute atomic E-state index is 0.327. The summed E-state index contributed by atoms with van der Waals surface area (Å²) in [6.45, 7) is 0. The van der Waals surface area contributed by atoms with Crippen LogP contribution in [-0.4, -0.2) is 19.1 Å². The third-order valence-electron chi connectivity index (χ3n) is 1.51. The first-order valence-electron chi connectivity index (χ1n) is 3.21. The van der Waals surface area contributed by atoms with Crippen LogP contribution in [0, 0.1) is 11.3 Å². The molecule has 0 spiro atoms. The second-order valence-corrected chi connectivity index (χ2v) is 2.23. The second-order valence-electron chi connectivity index (χ2n) is 2.23. The Morgan fingerprint density at radius 1 is 2.00 bits per heavy atom. The molecule has 0 amide bonds. The zero-order valence-electron chi connectivity index (χ0n) is 6.13. The maximum Gasteiger partial charge on any atom is 0.328 e. The summed E-state index contributed by atoms with van der Waals surface area (Å²) in [7, 11) is 1.33. The summed E-state index contributed by atoms with van der Waals surface area (Å²) in [6.07, 6.45) is 1.98. The Morgan fingerprint density at radius 2 is 2.73 bits per heavy atom. The molecule has 0 saturated heterocycles. The number of ether oxygens (including phenoxy) is 1. The van der Waals surface area contributed by atoms with E-state index in [9.17, 15) is 4.79 Å². The predicted octanol–water partition coefficient (Wildman–Crippen LogP) is -0.0712. The summed E-state index contributed by atoms with van der Waals surface area (Å²) in [4.78, 5) is 10.8. The Morgan fingerprint density at radius 3 is 3.18 bits per heavy atom. The van der Waals surface area contributed by atoms with Gasteiger partial charge in [-0.15, -0.1) is 0 Å². The lowest BCUT2D eigenvalue weighted by Gasteiger charge is -2.06. The SMILES string of the molecule is COC(=O)C1CC(C#N)=CN1. The lowest BCUT2D eigenvalue weighted by molar-refractivity contribution is -0.142. The van der Waals surface area contributed by atoms with Crippen LogP contribution in [0.4, 0.5) is 0 Å². The van der Waals surface area contributed by atoms with Crippen molar-refractivity contribution in [1.29, 1.82) is 5.26 Å². The van der Waals surface area contributed by atoms with Crippen molar-refractivity contribution < 1.29 is 9.53 Å². The van der Waals surface area contributed by atoms with Gasteiger partial charge in [-0.2, -0.15) is 5.26 Å². The Bertz CT molecular complexity index is 239. The van der Waals surface area contributed by atoms with Crippen molar-refractivity contribution in [1.82, 2.24) is 5.32 Å². The number of hydrogen-bond acceptors (Lipinski definition) is 4. The van der Waals surface area contributed by atoms with E-state index in [1.165, 1.54) is 7.11 Å². The number of methoxy groups -OCH3 is 1. The first kappa shape index (κ1) is 7.61. The average Bonchev–Trinajstić information content (AvgIpc) is 2.50. The topological polar surface area (TPSA) is 62.1 Å². The fourth-order valence-corrected chi connectivity index (χ4v) is 0.911. The van der Waals surface area contributed by atoms with E-state index in [0.29, 0.717) is 12.0 Å². The van der Waals surface area contributed by atoms with Gasteiger partial charge in [-0.1, -0.05) is 0 Å². The smallest absolute Gasteiger partial charge is 0.328 e. The molecule has 0 fully saturated rings. The van der Waals surface area contributed by atoms with Crippen LogP contribution < -0.4 is 5.32 Å². The van der Waals surface area contributed by atoms with Gasteiger partial charge in [0.25, 0.3) is 0 Å². The van der Waals surface area contributed by atoms with Crippen molar-refractivity contribution in [2.75, 3.05) is 7.11 Å². The molecular formula is C7H8N2O2. The molecule has 0 bridgehead atoms. The standard InChI is InChI=1S/C7H8N2O2/c1-11-7(10)6-2-5(3-8)4-9-6/h4,6,9H,2H2,1H3. The number of carbonyl (C=O) groups is 1. The number of nitrogens with one attached hydrogen (secondary N) is 1. The first-order chi connectivity index (χ1) is 5.27. The van der Waals surface area contributed by atoms with Gasteiger partial charge in [-0.05, 0) is 0 Å². The van der Waals surface area contributed by atoms with E-state index >= 15 is 0 Å². The lowest BCUT2D eigenvalue weighted by atomic mass is 10.1. The van der Waals surface area contributed by atoms with Gasteiger partial charge >= 0.3 is 5.97 Å². The molecule has 1 unspecified atom stereocenters. The molecule has 1 aliphatic heterocycles. The summed E-state index contributed by atoms with van der Waals surface area (Å²) in [5.74, 6) is -0.327. The minimum atomic E-state index is -0.366. The van der Waals surface area contributed by atoms with Crippen LogP contribution in [0.5, 0.6) is 0 Å².